The molecule has 1 aliphatic rings. The van der Waals surface area contributed by atoms with Crippen LogP contribution < -0.4 is 0 Å². The van der Waals surface area contributed by atoms with Gasteiger partial charge in [-0.15, -0.1) is 0 Å². The number of esters is 1. The minimum atomic E-state index is -1.51. The molecule has 3 rings (SSSR count). The van der Waals surface area contributed by atoms with Crippen molar-refractivity contribution < 1.29 is 28.2 Å². The number of halogens is 1. The lowest BCUT2D eigenvalue weighted by Crippen LogP contribution is -2.47. The van der Waals surface area contributed by atoms with Gasteiger partial charge in [0.15, 0.2) is 6.04 Å². The first-order valence-corrected chi connectivity index (χ1v) is 8.95. The SMILES string of the molecule is CO[C@H]1[C@@H](C(=O)OCc2ccccc2)N(C(=O)OCc2ccccc2)C[C@@H]1F. The molecule has 1 amide bonds. The zero-order valence-corrected chi connectivity index (χ0v) is 15.5. The largest absolute Gasteiger partial charge is 0.459 e. The zero-order valence-electron chi connectivity index (χ0n) is 15.5. The predicted octanol–water partition coefficient (Wildman–Crippen LogP) is 3.10. The summed E-state index contributed by atoms with van der Waals surface area (Å²) in [5.41, 5.74) is 1.58. The van der Waals surface area contributed by atoms with Crippen molar-refractivity contribution in [1.82, 2.24) is 4.90 Å². The molecular weight excluding hydrogens is 365 g/mol. The molecule has 1 aliphatic heterocycles. The third kappa shape index (κ3) is 4.67. The number of methoxy groups -OCH3 is 1. The van der Waals surface area contributed by atoms with Crippen LogP contribution in [0.5, 0.6) is 0 Å². The van der Waals surface area contributed by atoms with Gasteiger partial charge in [-0.1, -0.05) is 60.7 Å². The number of nitrogens with zero attached hydrogens (tertiary/aromatic N) is 1. The molecule has 1 saturated heterocycles. The summed E-state index contributed by atoms with van der Waals surface area (Å²) in [7, 11) is 1.30. The molecule has 148 valence electrons. The number of carbonyl (C=O) groups is 2. The fraction of sp³-hybridized carbons (Fsp3) is 0.333. The molecule has 0 bridgehead atoms. The molecule has 0 N–H and O–H groups in total. The van der Waals surface area contributed by atoms with E-state index in [4.69, 9.17) is 14.2 Å². The van der Waals surface area contributed by atoms with Crippen LogP contribution >= 0.6 is 0 Å². The van der Waals surface area contributed by atoms with E-state index >= 15 is 0 Å². The van der Waals surface area contributed by atoms with Crippen molar-refractivity contribution in [3.8, 4) is 0 Å². The molecule has 28 heavy (non-hydrogen) atoms. The smallest absolute Gasteiger partial charge is 0.411 e. The van der Waals surface area contributed by atoms with E-state index in [-0.39, 0.29) is 19.8 Å². The normalized spacial score (nSPS) is 21.4. The van der Waals surface area contributed by atoms with E-state index in [1.54, 1.807) is 24.3 Å². The van der Waals surface area contributed by atoms with E-state index in [1.807, 2.05) is 36.4 Å². The van der Waals surface area contributed by atoms with Gasteiger partial charge in [0.05, 0.1) is 6.54 Å². The second-order valence-electron chi connectivity index (χ2n) is 6.45. The van der Waals surface area contributed by atoms with E-state index < -0.39 is 30.4 Å². The Morgan fingerprint density at radius 1 is 0.964 bits per heavy atom. The fourth-order valence-corrected chi connectivity index (χ4v) is 3.12. The monoisotopic (exact) mass is 387 g/mol. The highest BCUT2D eigenvalue weighted by atomic mass is 19.1. The van der Waals surface area contributed by atoms with Gasteiger partial charge in [-0.3, -0.25) is 4.90 Å². The first-order chi connectivity index (χ1) is 13.6. The van der Waals surface area contributed by atoms with Crippen molar-refractivity contribution in [3.05, 3.63) is 71.8 Å². The average molecular weight is 387 g/mol. The van der Waals surface area contributed by atoms with Crippen LogP contribution in [-0.2, 0) is 32.2 Å². The molecular formula is C21H22FNO5. The second-order valence-corrected chi connectivity index (χ2v) is 6.45. The number of carbonyl (C=O) groups excluding carboxylic acids is 2. The summed E-state index contributed by atoms with van der Waals surface area (Å²) in [6, 6.07) is 17.0. The first kappa shape index (κ1) is 19.8. The molecule has 1 fully saturated rings. The van der Waals surface area contributed by atoms with Crippen molar-refractivity contribution in [3.63, 3.8) is 0 Å². The van der Waals surface area contributed by atoms with Gasteiger partial charge in [0.2, 0.25) is 0 Å². The number of hydrogen-bond donors (Lipinski definition) is 0. The van der Waals surface area contributed by atoms with Crippen LogP contribution in [0.2, 0.25) is 0 Å². The first-order valence-electron chi connectivity index (χ1n) is 8.95. The molecule has 1 heterocycles. The molecule has 7 heteroatoms. The van der Waals surface area contributed by atoms with Gasteiger partial charge in [-0.05, 0) is 11.1 Å². The summed E-state index contributed by atoms with van der Waals surface area (Å²) in [5, 5.41) is 0. The van der Waals surface area contributed by atoms with E-state index in [9.17, 15) is 14.0 Å². The van der Waals surface area contributed by atoms with E-state index in [0.717, 1.165) is 16.0 Å². The number of alkyl halides is 1. The number of ether oxygens (including phenoxy) is 3. The van der Waals surface area contributed by atoms with Crippen molar-refractivity contribution in [2.75, 3.05) is 13.7 Å². The van der Waals surface area contributed by atoms with Crippen LogP contribution in [0.3, 0.4) is 0 Å². The number of rotatable bonds is 6. The molecule has 0 saturated carbocycles. The maximum absolute atomic E-state index is 14.4. The summed E-state index contributed by atoms with van der Waals surface area (Å²) >= 11 is 0. The Bertz CT molecular complexity index is 786. The Morgan fingerprint density at radius 2 is 1.50 bits per heavy atom. The molecule has 3 atom stereocenters. The van der Waals surface area contributed by atoms with E-state index in [2.05, 4.69) is 0 Å². The lowest BCUT2D eigenvalue weighted by atomic mass is 10.1. The molecule has 0 unspecified atom stereocenters. The highest BCUT2D eigenvalue weighted by molar-refractivity contribution is 5.83. The lowest BCUT2D eigenvalue weighted by Gasteiger charge is -2.25. The van der Waals surface area contributed by atoms with Gasteiger partial charge < -0.3 is 14.2 Å². The molecule has 2 aromatic carbocycles. The van der Waals surface area contributed by atoms with Gasteiger partial charge >= 0.3 is 12.1 Å². The minimum Gasteiger partial charge on any atom is -0.459 e. The quantitative estimate of drug-likeness (QED) is 0.713. The van der Waals surface area contributed by atoms with Gasteiger partial charge in [0.25, 0.3) is 0 Å². The molecule has 6 nitrogen and oxygen atoms in total. The summed E-state index contributed by atoms with van der Waals surface area (Å²) in [4.78, 5) is 26.1. The van der Waals surface area contributed by atoms with Crippen LogP contribution in [-0.4, -0.2) is 48.9 Å². The predicted molar refractivity (Wildman–Crippen MR) is 99.1 cm³/mol. The molecule has 0 aromatic heterocycles. The molecule has 2 aromatic rings. The second kappa shape index (κ2) is 9.32. The Balaban J connectivity index is 1.66. The number of benzene rings is 2. The summed E-state index contributed by atoms with van der Waals surface area (Å²) < 4.78 is 30.0. The van der Waals surface area contributed by atoms with Crippen LogP contribution in [0.4, 0.5) is 9.18 Å². The van der Waals surface area contributed by atoms with E-state index in [1.165, 1.54) is 7.11 Å². The summed E-state index contributed by atoms with van der Waals surface area (Å²) in [5.74, 6) is -0.729. The number of hydrogen-bond acceptors (Lipinski definition) is 5. The summed E-state index contributed by atoms with van der Waals surface area (Å²) in [6.07, 6.45) is -3.40. The standard InChI is InChI=1S/C21H22FNO5/c1-26-19-17(22)12-23(21(25)28-14-16-10-6-3-7-11-16)18(19)20(24)27-13-15-8-4-2-5-9-15/h2-11,17-19H,12-14H2,1H3/t17-,18-,19+/m0/s1. The van der Waals surface area contributed by atoms with Crippen LogP contribution in [0.1, 0.15) is 11.1 Å². The van der Waals surface area contributed by atoms with Crippen LogP contribution in [0.25, 0.3) is 0 Å². The summed E-state index contributed by atoms with van der Waals surface area (Å²) in [6.45, 7) is -0.246. The van der Waals surface area contributed by atoms with Crippen molar-refractivity contribution >= 4 is 12.1 Å². The third-order valence-electron chi connectivity index (χ3n) is 4.55. The van der Waals surface area contributed by atoms with Crippen molar-refractivity contribution in [2.24, 2.45) is 0 Å². The maximum Gasteiger partial charge on any atom is 0.411 e. The highest BCUT2D eigenvalue weighted by Gasteiger charge is 2.50. The van der Waals surface area contributed by atoms with Crippen molar-refractivity contribution in [1.29, 1.82) is 0 Å². The van der Waals surface area contributed by atoms with E-state index in [0.29, 0.717) is 0 Å². The lowest BCUT2D eigenvalue weighted by molar-refractivity contribution is -0.153. The topological polar surface area (TPSA) is 65.1 Å². The Hall–Kier alpha value is -2.93. The third-order valence-corrected chi connectivity index (χ3v) is 4.55. The zero-order chi connectivity index (χ0) is 19.9. The average Bonchev–Trinajstić information content (AvgIpc) is 3.08. The van der Waals surface area contributed by atoms with Gasteiger partial charge in [-0.2, -0.15) is 0 Å². The van der Waals surface area contributed by atoms with Crippen molar-refractivity contribution in [2.45, 2.75) is 31.5 Å². The fourth-order valence-electron chi connectivity index (χ4n) is 3.12. The Morgan fingerprint density at radius 3 is 2.04 bits per heavy atom. The van der Waals surface area contributed by atoms with Gasteiger partial charge in [0.1, 0.15) is 25.5 Å². The molecule has 0 aliphatic carbocycles. The number of likely N-dealkylation sites (tertiary alicyclic amines) is 1. The Labute approximate surface area is 162 Å². The minimum absolute atomic E-state index is 0.0243. The van der Waals surface area contributed by atoms with Crippen LogP contribution in [0.15, 0.2) is 60.7 Å². The maximum atomic E-state index is 14.4. The van der Waals surface area contributed by atoms with Gasteiger partial charge in [-0.25, -0.2) is 14.0 Å². The molecule has 0 spiro atoms. The molecule has 0 radical (unpaired) electrons. The van der Waals surface area contributed by atoms with Gasteiger partial charge in [0, 0.05) is 7.11 Å². The highest BCUT2D eigenvalue weighted by Crippen LogP contribution is 2.26. The van der Waals surface area contributed by atoms with Crippen LogP contribution in [0, 0.1) is 0 Å². The number of amides is 1. The Kier molecular flexibility index (Phi) is 6.60.